The molecular weight excluding hydrogens is 271 g/mol. The van der Waals surface area contributed by atoms with Gasteiger partial charge in [0, 0.05) is 4.43 Å². The van der Waals surface area contributed by atoms with Gasteiger partial charge in [-0.3, -0.25) is 0 Å². The Morgan fingerprint density at radius 3 is 2.62 bits per heavy atom. The third-order valence-corrected chi connectivity index (χ3v) is 2.56. The van der Waals surface area contributed by atoms with Crippen LogP contribution in [-0.2, 0) is 6.42 Å². The van der Waals surface area contributed by atoms with Crippen LogP contribution in [0, 0.1) is 0 Å². The fourth-order valence-electron chi connectivity index (χ4n) is 1.16. The molecule has 0 fully saturated rings. The molecular formula is C12H15I. The molecule has 0 saturated heterocycles. The van der Waals surface area contributed by atoms with Gasteiger partial charge in [0.05, 0.1) is 0 Å². The number of benzene rings is 1. The van der Waals surface area contributed by atoms with Crippen LogP contribution in [0.1, 0.15) is 18.9 Å². The van der Waals surface area contributed by atoms with E-state index in [2.05, 4.69) is 65.9 Å². The van der Waals surface area contributed by atoms with Crippen LogP contribution < -0.4 is 0 Å². The monoisotopic (exact) mass is 286 g/mol. The molecule has 0 aromatic heterocycles. The van der Waals surface area contributed by atoms with Crippen molar-refractivity contribution in [3.63, 3.8) is 0 Å². The van der Waals surface area contributed by atoms with E-state index in [0.29, 0.717) is 0 Å². The van der Waals surface area contributed by atoms with Crippen LogP contribution >= 0.6 is 22.6 Å². The zero-order valence-corrected chi connectivity index (χ0v) is 10.1. The van der Waals surface area contributed by atoms with Crippen molar-refractivity contribution in [1.82, 2.24) is 0 Å². The number of rotatable bonds is 4. The van der Waals surface area contributed by atoms with E-state index < -0.39 is 0 Å². The van der Waals surface area contributed by atoms with Crippen molar-refractivity contribution >= 4 is 22.6 Å². The van der Waals surface area contributed by atoms with E-state index >= 15 is 0 Å². The third-order valence-electron chi connectivity index (χ3n) is 2.02. The van der Waals surface area contributed by atoms with Crippen molar-refractivity contribution in [2.24, 2.45) is 0 Å². The molecule has 0 spiro atoms. The van der Waals surface area contributed by atoms with E-state index in [1.54, 1.807) is 0 Å². The predicted octanol–water partition coefficient (Wildman–Crippen LogP) is 4.00. The first-order valence-electron chi connectivity index (χ1n) is 4.58. The molecule has 13 heavy (non-hydrogen) atoms. The average molecular weight is 286 g/mol. The van der Waals surface area contributed by atoms with E-state index in [0.717, 1.165) is 6.42 Å². The summed E-state index contributed by atoms with van der Waals surface area (Å²) in [5.74, 6) is 0. The van der Waals surface area contributed by atoms with Gasteiger partial charge in [0.25, 0.3) is 0 Å². The summed E-state index contributed by atoms with van der Waals surface area (Å²) >= 11 is 2.42. The van der Waals surface area contributed by atoms with Gasteiger partial charge in [-0.05, 0) is 25.3 Å². The lowest BCUT2D eigenvalue weighted by molar-refractivity contribution is 1.09. The van der Waals surface area contributed by atoms with Gasteiger partial charge >= 0.3 is 0 Å². The highest BCUT2D eigenvalue weighted by molar-refractivity contribution is 14.1. The Labute approximate surface area is 94.2 Å². The molecule has 0 unspecified atom stereocenters. The van der Waals surface area contributed by atoms with Crippen LogP contribution in [0.15, 0.2) is 42.0 Å². The Balaban J connectivity index is 2.47. The van der Waals surface area contributed by atoms with Crippen LogP contribution in [0.3, 0.4) is 0 Å². The van der Waals surface area contributed by atoms with Crippen molar-refractivity contribution in [3.8, 4) is 0 Å². The zero-order chi connectivity index (χ0) is 9.52. The Morgan fingerprint density at radius 1 is 1.31 bits per heavy atom. The number of alkyl halides is 1. The highest BCUT2D eigenvalue weighted by Gasteiger charge is 1.89. The molecule has 0 atom stereocenters. The number of hydrogen-bond donors (Lipinski definition) is 0. The van der Waals surface area contributed by atoms with Gasteiger partial charge in [0.15, 0.2) is 0 Å². The summed E-state index contributed by atoms with van der Waals surface area (Å²) in [6, 6.07) is 10.6. The van der Waals surface area contributed by atoms with Crippen molar-refractivity contribution in [1.29, 1.82) is 0 Å². The highest BCUT2D eigenvalue weighted by Crippen LogP contribution is 2.06. The van der Waals surface area contributed by atoms with Gasteiger partial charge in [-0.2, -0.15) is 0 Å². The van der Waals surface area contributed by atoms with Gasteiger partial charge in [0.2, 0.25) is 0 Å². The summed E-state index contributed by atoms with van der Waals surface area (Å²) in [4.78, 5) is 0. The second kappa shape index (κ2) is 6.19. The van der Waals surface area contributed by atoms with Gasteiger partial charge < -0.3 is 0 Å². The minimum Gasteiger partial charge on any atom is -0.0860 e. The molecule has 1 aromatic carbocycles. The smallest absolute Gasteiger partial charge is 0.00324 e. The van der Waals surface area contributed by atoms with Gasteiger partial charge in [-0.15, -0.1) is 0 Å². The molecule has 0 aliphatic rings. The molecule has 0 heterocycles. The molecule has 0 radical (unpaired) electrons. The standard InChI is InChI=1S/C12H15I/c1-11(9-10-13)7-8-12-5-3-2-4-6-12/h2-7H,8-10H2,1H3/b11-7+. The molecule has 1 aromatic rings. The maximum Gasteiger partial charge on any atom is 0.00324 e. The van der Waals surface area contributed by atoms with Crippen molar-refractivity contribution in [3.05, 3.63) is 47.5 Å². The topological polar surface area (TPSA) is 0 Å². The van der Waals surface area contributed by atoms with E-state index in [1.165, 1.54) is 22.0 Å². The second-order valence-corrected chi connectivity index (χ2v) is 4.26. The van der Waals surface area contributed by atoms with Crippen LogP contribution in [0.4, 0.5) is 0 Å². The largest absolute Gasteiger partial charge is 0.0860 e. The fraction of sp³-hybridized carbons (Fsp3) is 0.333. The van der Waals surface area contributed by atoms with Crippen LogP contribution in [-0.4, -0.2) is 4.43 Å². The Bertz CT molecular complexity index is 262. The van der Waals surface area contributed by atoms with Crippen LogP contribution in [0.5, 0.6) is 0 Å². The van der Waals surface area contributed by atoms with Gasteiger partial charge in [-0.25, -0.2) is 0 Å². The molecule has 1 rings (SSSR count). The summed E-state index contributed by atoms with van der Waals surface area (Å²) in [7, 11) is 0. The number of halogens is 1. The normalized spacial score (nSPS) is 11.7. The Hall–Kier alpha value is -0.310. The summed E-state index contributed by atoms with van der Waals surface area (Å²) in [5, 5.41) is 0. The average Bonchev–Trinajstić information content (AvgIpc) is 2.17. The molecule has 0 saturated carbocycles. The lowest BCUT2D eigenvalue weighted by Gasteiger charge is -1.98. The van der Waals surface area contributed by atoms with Gasteiger partial charge in [-0.1, -0.05) is 64.6 Å². The SMILES string of the molecule is C/C(=C\Cc1ccccc1)CCI. The van der Waals surface area contributed by atoms with Crippen molar-refractivity contribution < 1.29 is 0 Å². The lowest BCUT2D eigenvalue weighted by atomic mass is 10.1. The first kappa shape index (κ1) is 10.8. The maximum atomic E-state index is 2.42. The molecule has 1 heteroatoms. The van der Waals surface area contributed by atoms with Gasteiger partial charge in [0.1, 0.15) is 0 Å². The van der Waals surface area contributed by atoms with Crippen LogP contribution in [0.2, 0.25) is 0 Å². The minimum absolute atomic E-state index is 1.07. The summed E-state index contributed by atoms with van der Waals surface area (Å²) < 4.78 is 1.22. The highest BCUT2D eigenvalue weighted by atomic mass is 127. The maximum absolute atomic E-state index is 2.42. The summed E-state index contributed by atoms with van der Waals surface area (Å²) in [5.41, 5.74) is 2.90. The second-order valence-electron chi connectivity index (χ2n) is 3.18. The first-order valence-corrected chi connectivity index (χ1v) is 6.11. The molecule has 70 valence electrons. The number of hydrogen-bond acceptors (Lipinski definition) is 0. The molecule has 0 amide bonds. The summed E-state index contributed by atoms with van der Waals surface area (Å²) in [6.07, 6.45) is 4.62. The molecule has 0 N–H and O–H groups in total. The zero-order valence-electron chi connectivity index (χ0n) is 7.96. The fourth-order valence-corrected chi connectivity index (χ4v) is 2.01. The van der Waals surface area contributed by atoms with E-state index in [-0.39, 0.29) is 0 Å². The first-order chi connectivity index (χ1) is 6.33. The lowest BCUT2D eigenvalue weighted by Crippen LogP contribution is -1.83. The van der Waals surface area contributed by atoms with E-state index in [4.69, 9.17) is 0 Å². The molecule has 0 nitrogen and oxygen atoms in total. The van der Waals surface area contributed by atoms with Crippen molar-refractivity contribution in [2.45, 2.75) is 19.8 Å². The van der Waals surface area contributed by atoms with Crippen LogP contribution in [0.25, 0.3) is 0 Å². The summed E-state index contributed by atoms with van der Waals surface area (Å²) in [6.45, 7) is 2.21. The Kier molecular flexibility index (Phi) is 5.13. The predicted molar refractivity (Wildman–Crippen MR) is 67.4 cm³/mol. The van der Waals surface area contributed by atoms with Crippen molar-refractivity contribution in [2.75, 3.05) is 4.43 Å². The van der Waals surface area contributed by atoms with E-state index in [1.807, 2.05) is 0 Å². The molecule has 0 aliphatic carbocycles. The third kappa shape index (κ3) is 4.46. The van der Waals surface area contributed by atoms with E-state index in [9.17, 15) is 0 Å². The quantitative estimate of drug-likeness (QED) is 0.446. The Morgan fingerprint density at radius 2 is 2.00 bits per heavy atom. The minimum atomic E-state index is 1.07. The number of allylic oxidation sites excluding steroid dienone is 2. The molecule has 0 bridgehead atoms. The molecule has 0 aliphatic heterocycles.